The predicted octanol–water partition coefficient (Wildman–Crippen LogP) is 9.00. The highest BCUT2D eigenvalue weighted by molar-refractivity contribution is 5.73. The molecule has 0 radical (unpaired) electrons. The van der Waals surface area contributed by atoms with E-state index < -0.39 is 0 Å². The summed E-state index contributed by atoms with van der Waals surface area (Å²) in [5.41, 5.74) is 6.76. The first-order valence-electron chi connectivity index (χ1n) is 12.6. The Bertz CT molecular complexity index is 724. The van der Waals surface area contributed by atoms with Crippen molar-refractivity contribution >= 4 is 6.29 Å². The molecule has 0 aromatic carbocycles. The molecule has 0 saturated carbocycles. The molecule has 1 saturated heterocycles. The number of hydrogen-bond acceptors (Lipinski definition) is 2. The SMILES string of the molecule is CC(C)=CCC/C(C=O)=C/CC/C(C)=C/CC/C=C(\C)CC/C=C(\C)CCC1OC1(C)C. The van der Waals surface area contributed by atoms with Crippen LogP contribution in [-0.4, -0.2) is 18.0 Å². The minimum Gasteiger partial charge on any atom is -0.367 e. The molecule has 1 heterocycles. The van der Waals surface area contributed by atoms with E-state index in [1.807, 2.05) is 0 Å². The third kappa shape index (κ3) is 13.7. The van der Waals surface area contributed by atoms with Gasteiger partial charge in [0.2, 0.25) is 0 Å². The number of ether oxygens (including phenoxy) is 1. The Morgan fingerprint density at radius 3 is 1.66 bits per heavy atom. The second-order valence-electron chi connectivity index (χ2n) is 10.3. The molecule has 180 valence electrons. The Kier molecular flexibility index (Phi) is 13.5. The first-order valence-corrected chi connectivity index (χ1v) is 12.6. The fourth-order valence-corrected chi connectivity index (χ4v) is 3.83. The summed E-state index contributed by atoms with van der Waals surface area (Å²) < 4.78 is 5.67. The highest BCUT2D eigenvalue weighted by Crippen LogP contribution is 2.38. The molecule has 0 N–H and O–H groups in total. The van der Waals surface area contributed by atoms with Gasteiger partial charge in [-0.2, -0.15) is 0 Å². The van der Waals surface area contributed by atoms with Crippen molar-refractivity contribution in [1.29, 1.82) is 0 Å². The van der Waals surface area contributed by atoms with Crippen molar-refractivity contribution in [2.75, 3.05) is 0 Å². The molecule has 1 fully saturated rings. The first kappa shape index (κ1) is 28.4. The smallest absolute Gasteiger partial charge is 0.145 e. The molecule has 1 atom stereocenters. The van der Waals surface area contributed by atoms with Crippen LogP contribution >= 0.6 is 0 Å². The minimum atomic E-state index is 0.118. The van der Waals surface area contributed by atoms with Crippen molar-refractivity contribution in [2.24, 2.45) is 0 Å². The van der Waals surface area contributed by atoms with Crippen molar-refractivity contribution < 1.29 is 9.53 Å². The summed E-state index contributed by atoms with van der Waals surface area (Å²) in [6, 6.07) is 0. The summed E-state index contributed by atoms with van der Waals surface area (Å²) in [6.07, 6.45) is 23.5. The zero-order valence-corrected chi connectivity index (χ0v) is 21.9. The van der Waals surface area contributed by atoms with Crippen molar-refractivity contribution in [2.45, 2.75) is 124 Å². The van der Waals surface area contributed by atoms with Crippen LogP contribution in [0.1, 0.15) is 113 Å². The van der Waals surface area contributed by atoms with E-state index in [1.165, 1.54) is 22.3 Å². The van der Waals surface area contributed by atoms with Crippen LogP contribution in [0.2, 0.25) is 0 Å². The third-order valence-corrected chi connectivity index (χ3v) is 6.23. The second kappa shape index (κ2) is 15.2. The Labute approximate surface area is 198 Å². The lowest BCUT2D eigenvalue weighted by Crippen LogP contribution is -2.02. The fourth-order valence-electron chi connectivity index (χ4n) is 3.83. The Morgan fingerprint density at radius 1 is 0.688 bits per heavy atom. The maximum absolute atomic E-state index is 11.2. The number of rotatable bonds is 16. The highest BCUT2D eigenvalue weighted by atomic mass is 16.6. The van der Waals surface area contributed by atoms with Crippen LogP contribution in [0.5, 0.6) is 0 Å². The molecule has 32 heavy (non-hydrogen) atoms. The topological polar surface area (TPSA) is 29.6 Å². The summed E-state index contributed by atoms with van der Waals surface area (Å²) in [6.45, 7) is 15.3. The van der Waals surface area contributed by atoms with Gasteiger partial charge < -0.3 is 4.74 Å². The number of epoxide rings is 1. The number of allylic oxidation sites excluding steroid dienone is 10. The molecule has 1 unspecified atom stereocenters. The van der Waals surface area contributed by atoms with E-state index in [0.717, 1.165) is 76.1 Å². The monoisotopic (exact) mass is 440 g/mol. The fraction of sp³-hybridized carbons (Fsp3) is 0.633. The van der Waals surface area contributed by atoms with Gasteiger partial charge in [-0.3, -0.25) is 4.79 Å². The van der Waals surface area contributed by atoms with Gasteiger partial charge in [-0.05, 0) is 118 Å². The first-order chi connectivity index (χ1) is 15.1. The van der Waals surface area contributed by atoms with E-state index in [1.54, 1.807) is 0 Å². The van der Waals surface area contributed by atoms with Crippen LogP contribution in [0.3, 0.4) is 0 Å². The maximum atomic E-state index is 11.2. The lowest BCUT2D eigenvalue weighted by molar-refractivity contribution is -0.105. The van der Waals surface area contributed by atoms with Crippen LogP contribution in [0.15, 0.2) is 58.2 Å². The molecule has 2 heteroatoms. The van der Waals surface area contributed by atoms with E-state index in [-0.39, 0.29) is 5.60 Å². The molecular formula is C30H48O2. The molecule has 1 aliphatic rings. The van der Waals surface area contributed by atoms with Crippen molar-refractivity contribution in [1.82, 2.24) is 0 Å². The zero-order chi connectivity index (χ0) is 24.0. The van der Waals surface area contributed by atoms with Crippen molar-refractivity contribution in [3.8, 4) is 0 Å². The van der Waals surface area contributed by atoms with Crippen molar-refractivity contribution in [3.63, 3.8) is 0 Å². The standard InChI is InChI=1S/C30H48O2/c1-24(2)13-10-19-28(23-31)20-12-18-26(4)15-9-8-14-25(3)16-11-17-27(5)21-22-29-30(6,7)32-29/h13-15,17,20,23,29H,8-12,16,18-19,21-22H2,1-7H3/b25-14+,26-15+,27-17+,28-20-. The average Bonchev–Trinajstić information content (AvgIpc) is 3.34. The molecule has 1 aliphatic heterocycles. The molecule has 0 spiro atoms. The van der Waals surface area contributed by atoms with Gasteiger partial charge in [-0.15, -0.1) is 0 Å². The van der Waals surface area contributed by atoms with Gasteiger partial charge >= 0.3 is 0 Å². The van der Waals surface area contributed by atoms with Crippen LogP contribution in [-0.2, 0) is 9.53 Å². The third-order valence-electron chi connectivity index (χ3n) is 6.23. The van der Waals surface area contributed by atoms with Gasteiger partial charge in [0.1, 0.15) is 6.29 Å². The van der Waals surface area contributed by atoms with Crippen LogP contribution in [0.25, 0.3) is 0 Å². The lowest BCUT2D eigenvalue weighted by Gasteiger charge is -2.03. The molecular weight excluding hydrogens is 392 g/mol. The van der Waals surface area contributed by atoms with Gasteiger partial charge in [0.25, 0.3) is 0 Å². The number of carbonyl (C=O) groups excluding carboxylic acids is 1. The number of hydrogen-bond donors (Lipinski definition) is 0. The van der Waals surface area contributed by atoms with E-state index in [2.05, 4.69) is 78.8 Å². The zero-order valence-electron chi connectivity index (χ0n) is 21.9. The van der Waals surface area contributed by atoms with E-state index in [0.29, 0.717) is 6.10 Å². The van der Waals surface area contributed by atoms with E-state index in [9.17, 15) is 4.79 Å². The summed E-state index contributed by atoms with van der Waals surface area (Å²) >= 11 is 0. The molecule has 1 rings (SSSR count). The van der Waals surface area contributed by atoms with Gasteiger partial charge in [0.05, 0.1) is 11.7 Å². The van der Waals surface area contributed by atoms with E-state index >= 15 is 0 Å². The predicted molar refractivity (Wildman–Crippen MR) is 140 cm³/mol. The summed E-state index contributed by atoms with van der Waals surface area (Å²) in [5.74, 6) is 0. The van der Waals surface area contributed by atoms with Crippen LogP contribution < -0.4 is 0 Å². The van der Waals surface area contributed by atoms with Gasteiger partial charge in [0.15, 0.2) is 0 Å². The van der Waals surface area contributed by atoms with Crippen molar-refractivity contribution in [3.05, 3.63) is 58.2 Å². The van der Waals surface area contributed by atoms with E-state index in [4.69, 9.17) is 4.74 Å². The Balaban J connectivity index is 2.21. The molecule has 2 nitrogen and oxygen atoms in total. The summed E-state index contributed by atoms with van der Waals surface area (Å²) in [5, 5.41) is 0. The van der Waals surface area contributed by atoms with Gasteiger partial charge in [-0.25, -0.2) is 0 Å². The van der Waals surface area contributed by atoms with Gasteiger partial charge in [0, 0.05) is 0 Å². The number of carbonyl (C=O) groups is 1. The molecule has 0 aromatic heterocycles. The average molecular weight is 441 g/mol. The van der Waals surface area contributed by atoms with Crippen LogP contribution in [0, 0.1) is 0 Å². The Hall–Kier alpha value is -1.67. The molecule has 0 bridgehead atoms. The van der Waals surface area contributed by atoms with Gasteiger partial charge in [-0.1, -0.05) is 52.7 Å². The Morgan fingerprint density at radius 2 is 1.16 bits per heavy atom. The number of unbranched alkanes of at least 4 members (excludes halogenated alkanes) is 1. The normalized spacial score (nSPS) is 19.2. The molecule has 0 amide bonds. The maximum Gasteiger partial charge on any atom is 0.145 e. The quantitative estimate of drug-likeness (QED) is 0.0787. The lowest BCUT2D eigenvalue weighted by atomic mass is 10.0. The second-order valence-corrected chi connectivity index (χ2v) is 10.3. The molecule has 0 aliphatic carbocycles. The highest BCUT2D eigenvalue weighted by Gasteiger charge is 2.46. The van der Waals surface area contributed by atoms with Crippen LogP contribution in [0.4, 0.5) is 0 Å². The number of aldehydes is 1. The largest absolute Gasteiger partial charge is 0.367 e. The summed E-state index contributed by atoms with van der Waals surface area (Å²) in [7, 11) is 0. The summed E-state index contributed by atoms with van der Waals surface area (Å²) in [4.78, 5) is 11.2. The minimum absolute atomic E-state index is 0.118. The molecule has 0 aromatic rings.